The number of nitrogens with one attached hydrogen (secondary N) is 2. The lowest BCUT2D eigenvalue weighted by atomic mass is 10.0. The lowest BCUT2D eigenvalue weighted by molar-refractivity contribution is -0.121. The van der Waals surface area contributed by atoms with E-state index in [1.807, 2.05) is 25.1 Å². The van der Waals surface area contributed by atoms with Crippen LogP contribution in [0.25, 0.3) is 0 Å². The Morgan fingerprint density at radius 3 is 2.83 bits per heavy atom. The maximum atomic E-state index is 12.7. The SMILES string of the molecule is Cc1[nH]ccc1C(=O)N[C@@H]1CCCN(c2ccccc2Cl)C1=O. The molecule has 2 N–H and O–H groups in total. The van der Waals surface area contributed by atoms with Crippen LogP contribution in [0.2, 0.25) is 5.02 Å². The van der Waals surface area contributed by atoms with Gasteiger partial charge in [-0.25, -0.2) is 0 Å². The van der Waals surface area contributed by atoms with Crippen LogP contribution in [-0.4, -0.2) is 29.4 Å². The molecule has 0 unspecified atom stereocenters. The molecule has 2 aromatic rings. The van der Waals surface area contributed by atoms with Gasteiger partial charge in [0.05, 0.1) is 16.3 Å². The number of piperidine rings is 1. The summed E-state index contributed by atoms with van der Waals surface area (Å²) in [6.45, 7) is 2.44. The number of amides is 2. The highest BCUT2D eigenvalue weighted by Gasteiger charge is 2.32. The predicted octanol–water partition coefficient (Wildman–Crippen LogP) is 2.90. The van der Waals surface area contributed by atoms with Gasteiger partial charge in [-0.2, -0.15) is 0 Å². The zero-order valence-corrected chi connectivity index (χ0v) is 13.6. The van der Waals surface area contributed by atoms with E-state index in [4.69, 9.17) is 11.6 Å². The third kappa shape index (κ3) is 3.10. The van der Waals surface area contributed by atoms with E-state index in [1.165, 1.54) is 0 Å². The molecule has 1 fully saturated rings. The van der Waals surface area contributed by atoms with Crippen LogP contribution in [0.3, 0.4) is 0 Å². The number of aromatic nitrogens is 1. The highest BCUT2D eigenvalue weighted by molar-refractivity contribution is 6.33. The number of carbonyl (C=O) groups excluding carboxylic acids is 2. The second-order valence-corrected chi connectivity index (χ2v) is 6.03. The Hall–Kier alpha value is -2.27. The third-order valence-corrected chi connectivity index (χ3v) is 4.41. The van der Waals surface area contributed by atoms with Gasteiger partial charge < -0.3 is 15.2 Å². The van der Waals surface area contributed by atoms with E-state index in [0.717, 1.165) is 12.1 Å². The van der Waals surface area contributed by atoms with Crippen LogP contribution >= 0.6 is 11.6 Å². The van der Waals surface area contributed by atoms with Crippen LogP contribution in [0, 0.1) is 6.92 Å². The second-order valence-electron chi connectivity index (χ2n) is 5.63. The normalized spacial score (nSPS) is 18.1. The molecule has 5 nitrogen and oxygen atoms in total. The molecule has 1 aliphatic heterocycles. The van der Waals surface area contributed by atoms with Crippen molar-refractivity contribution in [3.63, 3.8) is 0 Å². The van der Waals surface area contributed by atoms with E-state index < -0.39 is 6.04 Å². The maximum Gasteiger partial charge on any atom is 0.253 e. The lowest BCUT2D eigenvalue weighted by Crippen LogP contribution is -2.52. The highest BCUT2D eigenvalue weighted by Crippen LogP contribution is 2.28. The fraction of sp³-hybridized carbons (Fsp3) is 0.294. The van der Waals surface area contributed by atoms with E-state index in [1.54, 1.807) is 23.2 Å². The molecule has 1 aromatic carbocycles. The zero-order valence-electron chi connectivity index (χ0n) is 12.8. The van der Waals surface area contributed by atoms with Crippen LogP contribution in [0.5, 0.6) is 0 Å². The molecule has 0 bridgehead atoms. The van der Waals surface area contributed by atoms with Gasteiger partial charge in [0.2, 0.25) is 5.91 Å². The second kappa shape index (κ2) is 6.46. The Kier molecular flexibility index (Phi) is 4.39. The molecule has 2 heterocycles. The Balaban J connectivity index is 1.77. The fourth-order valence-corrected chi connectivity index (χ4v) is 3.09. The molecule has 120 valence electrons. The number of para-hydroxylation sites is 1. The first-order chi connectivity index (χ1) is 11.1. The minimum atomic E-state index is -0.526. The average Bonchev–Trinajstić information content (AvgIpc) is 2.96. The largest absolute Gasteiger partial charge is 0.365 e. The number of anilines is 1. The quantitative estimate of drug-likeness (QED) is 0.908. The number of H-pyrrole nitrogens is 1. The molecule has 1 aromatic heterocycles. The van der Waals surface area contributed by atoms with Crippen molar-refractivity contribution in [2.24, 2.45) is 0 Å². The highest BCUT2D eigenvalue weighted by atomic mass is 35.5. The Morgan fingerprint density at radius 1 is 1.35 bits per heavy atom. The molecular weight excluding hydrogens is 314 g/mol. The first kappa shape index (κ1) is 15.6. The van der Waals surface area contributed by atoms with Gasteiger partial charge in [-0.15, -0.1) is 0 Å². The monoisotopic (exact) mass is 331 g/mol. The van der Waals surface area contributed by atoms with Crippen LogP contribution in [0.15, 0.2) is 36.5 Å². The standard InChI is InChI=1S/C17H18ClN3O2/c1-11-12(8-9-19-11)16(22)20-14-6-4-10-21(17(14)23)15-7-3-2-5-13(15)18/h2-3,5,7-9,14,19H,4,6,10H2,1H3,(H,20,22)/t14-/m1/s1. The van der Waals surface area contributed by atoms with Gasteiger partial charge in [-0.1, -0.05) is 23.7 Å². The van der Waals surface area contributed by atoms with E-state index in [-0.39, 0.29) is 11.8 Å². The fourth-order valence-electron chi connectivity index (χ4n) is 2.85. The van der Waals surface area contributed by atoms with Gasteiger partial charge in [0.1, 0.15) is 6.04 Å². The molecule has 2 amide bonds. The van der Waals surface area contributed by atoms with Crippen LogP contribution in [0.1, 0.15) is 28.9 Å². The number of aromatic amines is 1. The molecule has 1 aliphatic rings. The van der Waals surface area contributed by atoms with Crippen molar-refractivity contribution >= 4 is 29.1 Å². The first-order valence-electron chi connectivity index (χ1n) is 7.58. The van der Waals surface area contributed by atoms with Crippen molar-refractivity contribution < 1.29 is 9.59 Å². The molecule has 3 rings (SSSR count). The third-order valence-electron chi connectivity index (χ3n) is 4.09. The Bertz CT molecular complexity index is 741. The van der Waals surface area contributed by atoms with Gasteiger partial charge in [0.25, 0.3) is 5.91 Å². The van der Waals surface area contributed by atoms with Gasteiger partial charge in [-0.3, -0.25) is 9.59 Å². The molecule has 0 spiro atoms. The smallest absolute Gasteiger partial charge is 0.253 e. The van der Waals surface area contributed by atoms with Crippen molar-refractivity contribution in [2.75, 3.05) is 11.4 Å². The minimum Gasteiger partial charge on any atom is -0.365 e. The molecule has 0 aliphatic carbocycles. The van der Waals surface area contributed by atoms with Gasteiger partial charge in [-0.05, 0) is 38.0 Å². The lowest BCUT2D eigenvalue weighted by Gasteiger charge is -2.33. The topological polar surface area (TPSA) is 65.2 Å². The Morgan fingerprint density at radius 2 is 2.13 bits per heavy atom. The summed E-state index contributed by atoms with van der Waals surface area (Å²) in [5.74, 6) is -0.353. The van der Waals surface area contributed by atoms with Crippen molar-refractivity contribution in [3.05, 3.63) is 52.8 Å². The van der Waals surface area contributed by atoms with Crippen molar-refractivity contribution in [1.82, 2.24) is 10.3 Å². The number of benzene rings is 1. The van der Waals surface area contributed by atoms with Gasteiger partial charge in [0, 0.05) is 18.4 Å². The molecule has 6 heteroatoms. The van der Waals surface area contributed by atoms with Crippen LogP contribution in [0.4, 0.5) is 5.69 Å². The molecule has 23 heavy (non-hydrogen) atoms. The summed E-state index contributed by atoms with van der Waals surface area (Å²) >= 11 is 6.19. The number of halogens is 1. The van der Waals surface area contributed by atoms with Crippen molar-refractivity contribution in [1.29, 1.82) is 0 Å². The summed E-state index contributed by atoms with van der Waals surface area (Å²) in [6, 6.07) is 8.44. The molecule has 0 radical (unpaired) electrons. The number of aryl methyl sites for hydroxylation is 1. The van der Waals surface area contributed by atoms with E-state index in [2.05, 4.69) is 10.3 Å². The van der Waals surface area contributed by atoms with Crippen LogP contribution in [-0.2, 0) is 4.79 Å². The maximum absolute atomic E-state index is 12.7. The first-order valence-corrected chi connectivity index (χ1v) is 7.96. The van der Waals surface area contributed by atoms with Crippen molar-refractivity contribution in [2.45, 2.75) is 25.8 Å². The average molecular weight is 332 g/mol. The zero-order chi connectivity index (χ0) is 16.4. The minimum absolute atomic E-state index is 0.120. The van der Waals surface area contributed by atoms with E-state index in [9.17, 15) is 9.59 Å². The number of hydrogen-bond donors (Lipinski definition) is 2. The summed E-state index contributed by atoms with van der Waals surface area (Å²) in [6.07, 6.45) is 3.16. The van der Waals surface area contributed by atoms with E-state index in [0.29, 0.717) is 29.2 Å². The molecular formula is C17H18ClN3O2. The van der Waals surface area contributed by atoms with Crippen molar-refractivity contribution in [3.8, 4) is 0 Å². The van der Waals surface area contributed by atoms with Gasteiger partial charge in [0.15, 0.2) is 0 Å². The van der Waals surface area contributed by atoms with Gasteiger partial charge >= 0.3 is 0 Å². The summed E-state index contributed by atoms with van der Waals surface area (Å²) in [5, 5.41) is 3.37. The molecule has 0 saturated carbocycles. The summed E-state index contributed by atoms with van der Waals surface area (Å²) in [7, 11) is 0. The summed E-state index contributed by atoms with van der Waals surface area (Å²) in [4.78, 5) is 29.7. The number of carbonyl (C=O) groups is 2. The van der Waals surface area contributed by atoms with E-state index >= 15 is 0 Å². The molecule has 1 saturated heterocycles. The molecule has 1 atom stereocenters. The summed E-state index contributed by atoms with van der Waals surface area (Å²) in [5.41, 5.74) is 2.04. The summed E-state index contributed by atoms with van der Waals surface area (Å²) < 4.78 is 0. The number of nitrogens with zero attached hydrogens (tertiary/aromatic N) is 1. The Labute approximate surface area is 139 Å². The number of rotatable bonds is 3. The van der Waals surface area contributed by atoms with Crippen LogP contribution < -0.4 is 10.2 Å². The predicted molar refractivity (Wildman–Crippen MR) is 89.8 cm³/mol. The number of hydrogen-bond acceptors (Lipinski definition) is 2.